The number of carbonyl (C=O) groups excluding carboxylic acids is 1. The molecule has 1 heterocycles. The first-order valence-corrected chi connectivity index (χ1v) is 8.22. The zero-order valence-electron chi connectivity index (χ0n) is 13.8. The largest absolute Gasteiger partial charge is 0.380 e. The maximum atomic E-state index is 12.7. The normalized spacial score (nSPS) is 24.7. The number of hydrogen-bond donors (Lipinski definition) is 1. The van der Waals surface area contributed by atoms with Gasteiger partial charge in [0.15, 0.2) is 0 Å². The van der Waals surface area contributed by atoms with Gasteiger partial charge in [-0.05, 0) is 25.7 Å². The standard InChI is InChI=1S/C16H32N2O2/c1-6-9-13-16(19)18(15(17-13)10-7-2)14(12(4)5)11-20-8-3/h12-15,17H,6-11H2,1-5H3. The van der Waals surface area contributed by atoms with Crippen LogP contribution in [0.15, 0.2) is 0 Å². The lowest BCUT2D eigenvalue weighted by molar-refractivity contribution is -0.135. The molecule has 1 amide bonds. The first-order valence-electron chi connectivity index (χ1n) is 8.22. The minimum Gasteiger partial charge on any atom is -0.380 e. The highest BCUT2D eigenvalue weighted by Crippen LogP contribution is 2.24. The Bertz CT molecular complexity index is 294. The Morgan fingerprint density at radius 3 is 2.35 bits per heavy atom. The summed E-state index contributed by atoms with van der Waals surface area (Å²) in [6, 6.07) is 0.174. The van der Waals surface area contributed by atoms with Crippen molar-refractivity contribution >= 4 is 5.91 Å². The van der Waals surface area contributed by atoms with Crippen LogP contribution in [0.5, 0.6) is 0 Å². The van der Waals surface area contributed by atoms with Gasteiger partial charge in [-0.15, -0.1) is 0 Å². The molecule has 0 aromatic heterocycles. The second kappa shape index (κ2) is 8.63. The van der Waals surface area contributed by atoms with Crippen LogP contribution in [-0.4, -0.2) is 42.3 Å². The predicted octanol–water partition coefficient (Wildman–Crippen LogP) is 2.77. The molecule has 0 aliphatic carbocycles. The molecule has 3 atom stereocenters. The number of rotatable bonds is 9. The molecule has 1 aliphatic heterocycles. The fraction of sp³-hybridized carbons (Fsp3) is 0.938. The Morgan fingerprint density at radius 2 is 1.85 bits per heavy atom. The molecule has 3 unspecified atom stereocenters. The lowest BCUT2D eigenvalue weighted by atomic mass is 10.0. The van der Waals surface area contributed by atoms with Crippen molar-refractivity contribution in [2.24, 2.45) is 5.92 Å². The Hall–Kier alpha value is -0.610. The Labute approximate surface area is 124 Å². The molecule has 0 aromatic rings. The lowest BCUT2D eigenvalue weighted by Gasteiger charge is -2.35. The van der Waals surface area contributed by atoms with Gasteiger partial charge in [-0.3, -0.25) is 10.1 Å². The molecule has 1 rings (SSSR count). The summed E-state index contributed by atoms with van der Waals surface area (Å²) in [4.78, 5) is 14.8. The molecular weight excluding hydrogens is 252 g/mol. The minimum absolute atomic E-state index is 0.000531. The Balaban J connectivity index is 2.85. The number of ether oxygens (including phenoxy) is 1. The van der Waals surface area contributed by atoms with Crippen molar-refractivity contribution in [1.82, 2.24) is 10.2 Å². The van der Waals surface area contributed by atoms with Gasteiger partial charge in [-0.25, -0.2) is 0 Å². The third kappa shape index (κ3) is 4.19. The second-order valence-electron chi connectivity index (χ2n) is 6.03. The van der Waals surface area contributed by atoms with Crippen LogP contribution >= 0.6 is 0 Å². The molecule has 1 saturated heterocycles. The van der Waals surface area contributed by atoms with Gasteiger partial charge in [0.25, 0.3) is 0 Å². The van der Waals surface area contributed by atoms with Crippen molar-refractivity contribution < 1.29 is 9.53 Å². The summed E-state index contributed by atoms with van der Waals surface area (Å²) in [5.41, 5.74) is 0. The lowest BCUT2D eigenvalue weighted by Crippen LogP contribution is -2.49. The summed E-state index contributed by atoms with van der Waals surface area (Å²) in [6.07, 6.45) is 4.24. The molecule has 0 radical (unpaired) electrons. The monoisotopic (exact) mass is 284 g/mol. The highest BCUT2D eigenvalue weighted by atomic mass is 16.5. The molecule has 118 valence electrons. The highest BCUT2D eigenvalue weighted by Gasteiger charge is 2.42. The summed E-state index contributed by atoms with van der Waals surface area (Å²) in [6.45, 7) is 12.0. The van der Waals surface area contributed by atoms with Gasteiger partial charge in [0.1, 0.15) is 0 Å². The van der Waals surface area contributed by atoms with E-state index >= 15 is 0 Å². The quantitative estimate of drug-likeness (QED) is 0.708. The fourth-order valence-electron chi connectivity index (χ4n) is 2.94. The van der Waals surface area contributed by atoms with E-state index in [9.17, 15) is 4.79 Å². The van der Waals surface area contributed by atoms with E-state index in [-0.39, 0.29) is 24.2 Å². The van der Waals surface area contributed by atoms with Gasteiger partial charge in [-0.2, -0.15) is 0 Å². The van der Waals surface area contributed by atoms with E-state index in [1.54, 1.807) is 0 Å². The number of amides is 1. The van der Waals surface area contributed by atoms with Crippen LogP contribution in [0.4, 0.5) is 0 Å². The van der Waals surface area contributed by atoms with Crippen LogP contribution in [0.2, 0.25) is 0 Å². The van der Waals surface area contributed by atoms with Crippen molar-refractivity contribution in [1.29, 1.82) is 0 Å². The van der Waals surface area contributed by atoms with Gasteiger partial charge in [0, 0.05) is 6.61 Å². The topological polar surface area (TPSA) is 41.6 Å². The molecule has 4 nitrogen and oxygen atoms in total. The van der Waals surface area contributed by atoms with Gasteiger partial charge in [0.05, 0.1) is 24.9 Å². The number of nitrogens with zero attached hydrogens (tertiary/aromatic N) is 1. The van der Waals surface area contributed by atoms with Crippen molar-refractivity contribution in [3.05, 3.63) is 0 Å². The predicted molar refractivity (Wildman–Crippen MR) is 82.5 cm³/mol. The zero-order valence-corrected chi connectivity index (χ0v) is 13.8. The summed E-state index contributed by atoms with van der Waals surface area (Å²) in [7, 11) is 0. The van der Waals surface area contributed by atoms with E-state index in [4.69, 9.17) is 4.74 Å². The van der Waals surface area contributed by atoms with Crippen LogP contribution in [0.3, 0.4) is 0 Å². The Morgan fingerprint density at radius 1 is 1.20 bits per heavy atom. The van der Waals surface area contributed by atoms with Crippen LogP contribution in [0.25, 0.3) is 0 Å². The van der Waals surface area contributed by atoms with E-state index in [2.05, 4.69) is 37.9 Å². The van der Waals surface area contributed by atoms with Crippen molar-refractivity contribution in [2.45, 2.75) is 78.6 Å². The summed E-state index contributed by atoms with van der Waals surface area (Å²) < 4.78 is 5.62. The molecule has 4 heteroatoms. The van der Waals surface area contributed by atoms with E-state index in [1.165, 1.54) is 0 Å². The molecule has 0 spiro atoms. The molecule has 1 fully saturated rings. The third-order valence-electron chi connectivity index (χ3n) is 4.04. The molecule has 0 saturated carbocycles. The van der Waals surface area contributed by atoms with Crippen LogP contribution in [0.1, 0.15) is 60.3 Å². The van der Waals surface area contributed by atoms with Crippen LogP contribution in [0, 0.1) is 5.92 Å². The average molecular weight is 284 g/mol. The summed E-state index contributed by atoms with van der Waals surface area (Å²) in [5, 5.41) is 3.53. The van der Waals surface area contributed by atoms with Crippen LogP contribution in [-0.2, 0) is 9.53 Å². The summed E-state index contributed by atoms with van der Waals surface area (Å²) >= 11 is 0. The fourth-order valence-corrected chi connectivity index (χ4v) is 2.94. The Kier molecular flexibility index (Phi) is 7.52. The minimum atomic E-state index is -0.000531. The van der Waals surface area contributed by atoms with Gasteiger partial charge in [-0.1, -0.05) is 40.5 Å². The number of hydrogen-bond acceptors (Lipinski definition) is 3. The first kappa shape index (κ1) is 17.4. The second-order valence-corrected chi connectivity index (χ2v) is 6.03. The average Bonchev–Trinajstić information content (AvgIpc) is 2.69. The van der Waals surface area contributed by atoms with Crippen LogP contribution < -0.4 is 5.32 Å². The van der Waals surface area contributed by atoms with E-state index in [0.29, 0.717) is 19.1 Å². The SMILES string of the molecule is CCCC1NC(CCC)N(C(COCC)C(C)C)C1=O. The highest BCUT2D eigenvalue weighted by molar-refractivity contribution is 5.84. The smallest absolute Gasteiger partial charge is 0.241 e. The molecule has 0 aromatic carbocycles. The summed E-state index contributed by atoms with van der Waals surface area (Å²) in [5.74, 6) is 0.677. The van der Waals surface area contributed by atoms with Crippen molar-refractivity contribution in [3.63, 3.8) is 0 Å². The zero-order chi connectivity index (χ0) is 15.1. The molecule has 20 heavy (non-hydrogen) atoms. The number of carbonyl (C=O) groups is 1. The van der Waals surface area contributed by atoms with Gasteiger partial charge >= 0.3 is 0 Å². The molecule has 0 bridgehead atoms. The van der Waals surface area contributed by atoms with E-state index in [1.807, 2.05) is 6.92 Å². The first-order chi connectivity index (χ1) is 9.56. The third-order valence-corrected chi connectivity index (χ3v) is 4.04. The van der Waals surface area contributed by atoms with Gasteiger partial charge in [0.2, 0.25) is 5.91 Å². The van der Waals surface area contributed by atoms with Crippen molar-refractivity contribution in [3.8, 4) is 0 Å². The van der Waals surface area contributed by atoms with E-state index < -0.39 is 0 Å². The van der Waals surface area contributed by atoms with Crippen molar-refractivity contribution in [2.75, 3.05) is 13.2 Å². The maximum Gasteiger partial charge on any atom is 0.241 e. The number of nitrogens with one attached hydrogen (secondary N) is 1. The molecular formula is C16H32N2O2. The molecule has 1 aliphatic rings. The van der Waals surface area contributed by atoms with Gasteiger partial charge < -0.3 is 9.64 Å². The maximum absolute atomic E-state index is 12.7. The molecule has 1 N–H and O–H groups in total. The van der Waals surface area contributed by atoms with E-state index in [0.717, 1.165) is 25.7 Å².